The number of nitro groups is 1. The molecule has 0 bridgehead atoms. The van der Waals surface area contributed by atoms with Crippen LogP contribution in [0.5, 0.6) is 0 Å². The number of anilines is 1. The molecule has 0 aromatic heterocycles. The van der Waals surface area contributed by atoms with E-state index in [0.717, 1.165) is 4.31 Å². The van der Waals surface area contributed by atoms with Crippen LogP contribution in [0.25, 0.3) is 0 Å². The molecule has 2 amide bonds. The summed E-state index contributed by atoms with van der Waals surface area (Å²) in [7, 11) is -4.27. The molecule has 0 aliphatic heterocycles. The molecule has 12 heteroatoms. The van der Waals surface area contributed by atoms with Gasteiger partial charge in [-0.2, -0.15) is 0 Å². The Labute approximate surface area is 238 Å². The van der Waals surface area contributed by atoms with E-state index >= 15 is 0 Å². The van der Waals surface area contributed by atoms with Gasteiger partial charge in [0, 0.05) is 29.7 Å². The van der Waals surface area contributed by atoms with Crippen molar-refractivity contribution in [1.82, 2.24) is 10.2 Å². The van der Waals surface area contributed by atoms with Gasteiger partial charge in [0.15, 0.2) is 0 Å². The van der Waals surface area contributed by atoms with Crippen LogP contribution in [-0.4, -0.2) is 48.7 Å². The van der Waals surface area contributed by atoms with Crippen LogP contribution in [0.4, 0.5) is 11.4 Å². The fourth-order valence-corrected chi connectivity index (χ4v) is 5.52. The number of rotatable bonds is 12. The van der Waals surface area contributed by atoms with Gasteiger partial charge in [-0.3, -0.25) is 24.0 Å². The van der Waals surface area contributed by atoms with Crippen LogP contribution in [-0.2, 0) is 26.2 Å². The monoisotopic (exact) mass is 586 g/mol. The SMILES string of the molecule is CC[C@H](C)NC(=O)[C@@H](C)N(Cc1cccc(Cl)c1)C(=O)CN(c1ccc([N+](=O)[O-])cc1)S(=O)(=O)c1ccccc1. The highest BCUT2D eigenvalue weighted by atomic mass is 35.5. The lowest BCUT2D eigenvalue weighted by atomic mass is 10.1. The zero-order valence-corrected chi connectivity index (χ0v) is 23.9. The summed E-state index contributed by atoms with van der Waals surface area (Å²) < 4.78 is 28.3. The maximum atomic E-state index is 13.9. The number of hydrogen-bond acceptors (Lipinski definition) is 6. The molecule has 0 heterocycles. The number of halogens is 1. The predicted octanol–water partition coefficient (Wildman–Crippen LogP) is 4.78. The minimum absolute atomic E-state index is 0.00598. The summed E-state index contributed by atoms with van der Waals surface area (Å²) in [5.41, 5.74) is 0.476. The molecule has 0 unspecified atom stereocenters. The Kier molecular flexibility index (Phi) is 10.2. The third-order valence-electron chi connectivity index (χ3n) is 6.37. The first-order valence-corrected chi connectivity index (χ1v) is 14.4. The van der Waals surface area contributed by atoms with Gasteiger partial charge >= 0.3 is 0 Å². The van der Waals surface area contributed by atoms with Crippen LogP contribution in [0.2, 0.25) is 5.02 Å². The summed E-state index contributed by atoms with van der Waals surface area (Å²) in [6.07, 6.45) is 0.684. The van der Waals surface area contributed by atoms with Crippen molar-refractivity contribution in [3.63, 3.8) is 0 Å². The Balaban J connectivity index is 2.03. The second-order valence-corrected chi connectivity index (χ2v) is 11.5. The summed E-state index contributed by atoms with van der Waals surface area (Å²) in [6.45, 7) is 4.67. The van der Waals surface area contributed by atoms with E-state index in [-0.39, 0.29) is 28.9 Å². The third-order valence-corrected chi connectivity index (χ3v) is 8.39. The molecule has 10 nitrogen and oxygen atoms in total. The van der Waals surface area contributed by atoms with Crippen molar-refractivity contribution >= 4 is 44.8 Å². The fourth-order valence-electron chi connectivity index (χ4n) is 3.87. The topological polar surface area (TPSA) is 130 Å². The largest absolute Gasteiger partial charge is 0.352 e. The number of nitrogens with zero attached hydrogens (tertiary/aromatic N) is 3. The van der Waals surface area contributed by atoms with Crippen molar-refractivity contribution in [3.8, 4) is 0 Å². The second-order valence-electron chi connectivity index (χ2n) is 9.24. The summed E-state index contributed by atoms with van der Waals surface area (Å²) in [6, 6.07) is 18.1. The number of non-ortho nitro benzene ring substituents is 1. The molecule has 40 heavy (non-hydrogen) atoms. The van der Waals surface area contributed by atoms with Gasteiger partial charge in [0.2, 0.25) is 11.8 Å². The van der Waals surface area contributed by atoms with E-state index in [0.29, 0.717) is 17.0 Å². The van der Waals surface area contributed by atoms with E-state index < -0.39 is 39.3 Å². The molecule has 212 valence electrons. The van der Waals surface area contributed by atoms with Crippen molar-refractivity contribution in [2.45, 2.75) is 50.7 Å². The number of carbonyl (C=O) groups excluding carboxylic acids is 2. The summed E-state index contributed by atoms with van der Waals surface area (Å²) in [5.74, 6) is -1.04. The normalized spacial score (nSPS) is 12.7. The van der Waals surface area contributed by atoms with Gasteiger partial charge in [-0.15, -0.1) is 0 Å². The van der Waals surface area contributed by atoms with Crippen LogP contribution in [0, 0.1) is 10.1 Å². The number of amides is 2. The Morgan fingerprint density at radius 3 is 2.23 bits per heavy atom. The van der Waals surface area contributed by atoms with Gasteiger partial charge in [-0.05, 0) is 62.2 Å². The predicted molar refractivity (Wildman–Crippen MR) is 153 cm³/mol. The molecular weight excluding hydrogens is 556 g/mol. The average Bonchev–Trinajstić information content (AvgIpc) is 2.94. The minimum atomic E-state index is -4.27. The Bertz CT molecular complexity index is 1450. The molecule has 3 rings (SSSR count). The minimum Gasteiger partial charge on any atom is -0.352 e. The molecule has 0 spiro atoms. The molecule has 0 saturated carbocycles. The average molecular weight is 587 g/mol. The molecule has 0 aliphatic carbocycles. The van der Waals surface area contributed by atoms with Crippen molar-refractivity contribution in [1.29, 1.82) is 0 Å². The van der Waals surface area contributed by atoms with Crippen LogP contribution in [0.1, 0.15) is 32.8 Å². The highest BCUT2D eigenvalue weighted by molar-refractivity contribution is 7.92. The van der Waals surface area contributed by atoms with Crippen LogP contribution in [0.3, 0.4) is 0 Å². The number of nitro benzene ring substituents is 1. The van der Waals surface area contributed by atoms with E-state index in [1.807, 2.05) is 13.8 Å². The van der Waals surface area contributed by atoms with E-state index in [9.17, 15) is 28.1 Å². The third kappa shape index (κ3) is 7.57. The molecule has 0 saturated heterocycles. The lowest BCUT2D eigenvalue weighted by Gasteiger charge is -2.32. The summed E-state index contributed by atoms with van der Waals surface area (Å²) in [4.78, 5) is 38.7. The highest BCUT2D eigenvalue weighted by Gasteiger charge is 2.33. The number of nitrogens with one attached hydrogen (secondary N) is 1. The summed E-state index contributed by atoms with van der Waals surface area (Å²) in [5, 5.41) is 14.5. The zero-order chi connectivity index (χ0) is 29.4. The lowest BCUT2D eigenvalue weighted by molar-refractivity contribution is -0.384. The van der Waals surface area contributed by atoms with Gasteiger partial charge in [-0.1, -0.05) is 48.9 Å². The Morgan fingerprint density at radius 1 is 1.00 bits per heavy atom. The standard InChI is InChI=1S/C28H31ClN4O6S/c1-4-20(2)30-28(35)21(3)31(18-22-9-8-10-23(29)17-22)27(34)19-32(24-13-15-25(16-14-24)33(36)37)40(38,39)26-11-6-5-7-12-26/h5-17,20-21H,4,18-19H2,1-3H3,(H,30,35)/t20-,21+/m0/s1. The van der Waals surface area contributed by atoms with Crippen molar-refractivity contribution < 1.29 is 22.9 Å². The Hall–Kier alpha value is -3.96. The number of carbonyl (C=O) groups is 2. The van der Waals surface area contributed by atoms with E-state index in [1.54, 1.807) is 49.4 Å². The zero-order valence-electron chi connectivity index (χ0n) is 22.4. The molecule has 0 radical (unpaired) electrons. The maximum absolute atomic E-state index is 13.9. The van der Waals surface area contributed by atoms with E-state index in [1.165, 1.54) is 41.3 Å². The van der Waals surface area contributed by atoms with Gasteiger partial charge in [0.05, 0.1) is 15.5 Å². The highest BCUT2D eigenvalue weighted by Crippen LogP contribution is 2.26. The molecule has 0 aliphatic rings. The van der Waals surface area contributed by atoms with Crippen molar-refractivity contribution in [2.75, 3.05) is 10.8 Å². The Morgan fingerprint density at radius 2 is 1.65 bits per heavy atom. The number of sulfonamides is 1. The molecule has 0 fully saturated rings. The molecule has 2 atom stereocenters. The van der Waals surface area contributed by atoms with Gasteiger partial charge in [0.1, 0.15) is 12.6 Å². The van der Waals surface area contributed by atoms with E-state index in [4.69, 9.17) is 11.6 Å². The van der Waals surface area contributed by atoms with Crippen LogP contribution >= 0.6 is 11.6 Å². The van der Waals surface area contributed by atoms with Crippen LogP contribution < -0.4 is 9.62 Å². The fraction of sp³-hybridized carbons (Fsp3) is 0.286. The van der Waals surface area contributed by atoms with Crippen molar-refractivity contribution in [3.05, 3.63) is 99.6 Å². The molecule has 3 aromatic rings. The van der Waals surface area contributed by atoms with E-state index in [2.05, 4.69) is 5.32 Å². The van der Waals surface area contributed by atoms with Crippen molar-refractivity contribution in [2.24, 2.45) is 0 Å². The van der Waals surface area contributed by atoms with Gasteiger partial charge in [-0.25, -0.2) is 8.42 Å². The molecular formula is C28H31ClN4O6S. The lowest BCUT2D eigenvalue weighted by Crippen LogP contribution is -2.52. The number of hydrogen-bond donors (Lipinski definition) is 1. The first-order valence-electron chi connectivity index (χ1n) is 12.6. The number of benzene rings is 3. The van der Waals surface area contributed by atoms with Crippen LogP contribution in [0.15, 0.2) is 83.8 Å². The molecule has 1 N–H and O–H groups in total. The molecule has 3 aromatic carbocycles. The first-order chi connectivity index (χ1) is 18.9. The van der Waals surface area contributed by atoms with Gasteiger partial charge in [0.25, 0.3) is 15.7 Å². The maximum Gasteiger partial charge on any atom is 0.269 e. The smallest absolute Gasteiger partial charge is 0.269 e. The summed E-state index contributed by atoms with van der Waals surface area (Å²) >= 11 is 6.15. The quantitative estimate of drug-likeness (QED) is 0.240. The van der Waals surface area contributed by atoms with Gasteiger partial charge < -0.3 is 10.2 Å². The second kappa shape index (κ2) is 13.4. The first kappa shape index (κ1) is 30.6.